The van der Waals surface area contributed by atoms with E-state index in [-0.39, 0.29) is 29.5 Å². The highest BCUT2D eigenvalue weighted by Gasteiger charge is 2.35. The van der Waals surface area contributed by atoms with E-state index < -0.39 is 23.9 Å². The van der Waals surface area contributed by atoms with E-state index in [1.165, 1.54) is 16.8 Å². The fraction of sp³-hybridized carbons (Fsp3) is 0.0800. The normalized spacial score (nSPS) is 15.8. The Bertz CT molecular complexity index is 1530. The van der Waals surface area contributed by atoms with Gasteiger partial charge in [-0.2, -0.15) is 5.10 Å². The highest BCUT2D eigenvalue weighted by atomic mass is 19.1. The molecule has 1 aromatic heterocycles. The molecule has 11 heteroatoms. The lowest BCUT2D eigenvalue weighted by molar-refractivity contribution is 0.190. The molecule has 2 heterocycles. The lowest BCUT2D eigenvalue weighted by atomic mass is 10.1. The van der Waals surface area contributed by atoms with Crippen LogP contribution in [0, 0.1) is 11.6 Å². The number of hydrogen-bond donors (Lipinski definition) is 3. The van der Waals surface area contributed by atoms with Crippen molar-refractivity contribution in [2.75, 3.05) is 4.90 Å². The molecule has 0 spiro atoms. The molecule has 9 nitrogen and oxygen atoms in total. The molecule has 5 rings (SSSR count). The molecule has 0 bridgehead atoms. The number of anilines is 1. The maximum Gasteiger partial charge on any atom is 0.410 e. The van der Waals surface area contributed by atoms with Crippen molar-refractivity contribution in [1.82, 2.24) is 9.78 Å². The molecule has 0 saturated heterocycles. The summed E-state index contributed by atoms with van der Waals surface area (Å²) in [4.78, 5) is 17.5. The SMILES string of the molecule is NC(=O)OC1=C(N)N(c2ccccc2)C(c2nn(Cc3ccccc3F)c3c(F)cccc23)N=C1N. The summed E-state index contributed by atoms with van der Waals surface area (Å²) in [5.74, 6) is -1.40. The van der Waals surface area contributed by atoms with E-state index in [2.05, 4.69) is 10.1 Å². The van der Waals surface area contributed by atoms with Gasteiger partial charge in [-0.3, -0.25) is 9.58 Å². The first-order valence-electron chi connectivity index (χ1n) is 10.9. The van der Waals surface area contributed by atoms with Gasteiger partial charge in [-0.1, -0.05) is 48.5 Å². The van der Waals surface area contributed by atoms with Crippen LogP contribution in [0.3, 0.4) is 0 Å². The molecule has 4 aromatic rings. The minimum atomic E-state index is -1.11. The number of amides is 1. The minimum absolute atomic E-state index is 0.0251. The van der Waals surface area contributed by atoms with Crippen molar-refractivity contribution in [2.24, 2.45) is 22.2 Å². The van der Waals surface area contributed by atoms with Crippen LogP contribution in [-0.2, 0) is 11.3 Å². The number of carbonyl (C=O) groups excluding carboxylic acids is 1. The molecule has 1 unspecified atom stereocenters. The summed E-state index contributed by atoms with van der Waals surface area (Å²) in [6.07, 6.45) is -2.07. The lowest BCUT2D eigenvalue weighted by Gasteiger charge is -2.34. The molecule has 36 heavy (non-hydrogen) atoms. The van der Waals surface area contributed by atoms with Crippen molar-refractivity contribution in [3.63, 3.8) is 0 Å². The van der Waals surface area contributed by atoms with Gasteiger partial charge < -0.3 is 21.9 Å². The predicted octanol–water partition coefficient (Wildman–Crippen LogP) is 3.46. The van der Waals surface area contributed by atoms with Crippen LogP contribution in [0.5, 0.6) is 0 Å². The van der Waals surface area contributed by atoms with Gasteiger partial charge in [0.05, 0.1) is 6.54 Å². The number of nitrogens with two attached hydrogens (primary N) is 3. The monoisotopic (exact) mass is 489 g/mol. The van der Waals surface area contributed by atoms with E-state index in [0.717, 1.165) is 0 Å². The number of nitrogens with zero attached hydrogens (tertiary/aromatic N) is 4. The number of hydrogen-bond acceptors (Lipinski definition) is 7. The molecular formula is C25H21F2N7O2. The quantitative estimate of drug-likeness (QED) is 0.393. The van der Waals surface area contributed by atoms with Gasteiger partial charge >= 0.3 is 6.09 Å². The minimum Gasteiger partial charge on any atom is -0.403 e. The van der Waals surface area contributed by atoms with Gasteiger partial charge in [0.15, 0.2) is 17.8 Å². The van der Waals surface area contributed by atoms with Crippen molar-refractivity contribution in [3.05, 3.63) is 107 Å². The van der Waals surface area contributed by atoms with Crippen molar-refractivity contribution >= 4 is 28.5 Å². The Labute approximate surface area is 204 Å². The number of primary amides is 1. The van der Waals surface area contributed by atoms with E-state index in [0.29, 0.717) is 22.3 Å². The number of benzene rings is 3. The molecule has 0 fully saturated rings. The van der Waals surface area contributed by atoms with E-state index in [1.54, 1.807) is 59.5 Å². The summed E-state index contributed by atoms with van der Waals surface area (Å²) in [5, 5.41) is 5.07. The molecule has 0 aliphatic carbocycles. The second kappa shape index (κ2) is 9.02. The fourth-order valence-electron chi connectivity index (χ4n) is 4.19. The number of para-hydroxylation sites is 2. The number of carbonyl (C=O) groups is 1. The van der Waals surface area contributed by atoms with Crippen LogP contribution in [0.2, 0.25) is 0 Å². The van der Waals surface area contributed by atoms with Gasteiger partial charge in [0.2, 0.25) is 5.76 Å². The van der Waals surface area contributed by atoms with Gasteiger partial charge in [-0.05, 0) is 24.3 Å². The van der Waals surface area contributed by atoms with Crippen LogP contribution >= 0.6 is 0 Å². The average molecular weight is 489 g/mol. The van der Waals surface area contributed by atoms with E-state index >= 15 is 4.39 Å². The Balaban J connectivity index is 1.70. The molecule has 1 aliphatic heterocycles. The first-order valence-corrected chi connectivity index (χ1v) is 10.9. The summed E-state index contributed by atoms with van der Waals surface area (Å²) in [6.45, 7) is -0.0251. The number of halogens is 2. The lowest BCUT2D eigenvalue weighted by Crippen LogP contribution is -2.41. The molecule has 0 radical (unpaired) electrons. The van der Waals surface area contributed by atoms with Crippen molar-refractivity contribution in [2.45, 2.75) is 12.7 Å². The second-order valence-electron chi connectivity index (χ2n) is 8.00. The Morgan fingerprint density at radius 3 is 2.36 bits per heavy atom. The van der Waals surface area contributed by atoms with Crippen molar-refractivity contribution < 1.29 is 18.3 Å². The third-order valence-electron chi connectivity index (χ3n) is 5.74. The van der Waals surface area contributed by atoms with Gasteiger partial charge in [-0.25, -0.2) is 18.6 Å². The first kappa shape index (κ1) is 22.8. The molecule has 182 valence electrons. The summed E-state index contributed by atoms with van der Waals surface area (Å²) in [7, 11) is 0. The molecule has 1 atom stereocenters. The zero-order valence-electron chi connectivity index (χ0n) is 18.8. The number of amidine groups is 1. The molecule has 1 amide bonds. The topological polar surface area (TPSA) is 138 Å². The second-order valence-corrected chi connectivity index (χ2v) is 8.00. The number of fused-ring (bicyclic) bond motifs is 1. The maximum absolute atomic E-state index is 15.1. The standard InChI is InChI=1S/C25H21F2N7O2/c26-17-11-5-4-7-14(17)13-33-20-16(10-6-12-18(20)27)19(32-33)24-31-22(28)21(36-25(30)35)23(29)34(24)15-8-2-1-3-9-15/h1-12,24H,13,29H2,(H2,28,31)(H2,30,35). The Morgan fingerprint density at radius 1 is 0.944 bits per heavy atom. The zero-order chi connectivity index (χ0) is 25.4. The molecule has 6 N–H and O–H groups in total. The highest BCUT2D eigenvalue weighted by Crippen LogP contribution is 2.38. The van der Waals surface area contributed by atoms with Crippen LogP contribution in [0.25, 0.3) is 10.9 Å². The summed E-state index contributed by atoms with van der Waals surface area (Å²) >= 11 is 0. The van der Waals surface area contributed by atoms with Crippen LogP contribution in [0.15, 0.2) is 89.4 Å². The smallest absolute Gasteiger partial charge is 0.403 e. The molecule has 3 aromatic carbocycles. The van der Waals surface area contributed by atoms with Gasteiger partial charge in [0.1, 0.15) is 22.8 Å². The molecule has 0 saturated carbocycles. The third kappa shape index (κ3) is 3.96. The van der Waals surface area contributed by atoms with Gasteiger partial charge in [0, 0.05) is 16.6 Å². The maximum atomic E-state index is 15.1. The molecule has 1 aliphatic rings. The Kier molecular flexibility index (Phi) is 5.72. The number of ether oxygens (including phenoxy) is 1. The molecular weight excluding hydrogens is 468 g/mol. The van der Waals surface area contributed by atoms with Crippen LogP contribution < -0.4 is 22.1 Å². The fourth-order valence-corrected chi connectivity index (χ4v) is 4.19. The zero-order valence-corrected chi connectivity index (χ0v) is 18.8. The number of rotatable bonds is 5. The highest BCUT2D eigenvalue weighted by molar-refractivity contribution is 5.99. The van der Waals surface area contributed by atoms with E-state index in [1.807, 2.05) is 6.07 Å². The van der Waals surface area contributed by atoms with Crippen molar-refractivity contribution in [1.29, 1.82) is 0 Å². The number of aliphatic imine (C=N–C) groups is 1. The van der Waals surface area contributed by atoms with Gasteiger partial charge in [0.25, 0.3) is 0 Å². The summed E-state index contributed by atoms with van der Waals surface area (Å²) < 4.78 is 35.9. The summed E-state index contributed by atoms with van der Waals surface area (Å²) in [5.41, 5.74) is 19.1. The number of aromatic nitrogens is 2. The predicted molar refractivity (Wildman–Crippen MR) is 130 cm³/mol. The van der Waals surface area contributed by atoms with E-state index in [9.17, 15) is 9.18 Å². The Hall–Kier alpha value is -4.93. The van der Waals surface area contributed by atoms with Crippen LogP contribution in [0.1, 0.15) is 17.4 Å². The average Bonchev–Trinajstić information content (AvgIpc) is 3.22. The van der Waals surface area contributed by atoms with Crippen LogP contribution in [-0.4, -0.2) is 21.7 Å². The third-order valence-corrected chi connectivity index (χ3v) is 5.74. The van der Waals surface area contributed by atoms with E-state index in [4.69, 9.17) is 21.9 Å². The first-order chi connectivity index (χ1) is 17.3. The largest absolute Gasteiger partial charge is 0.410 e. The van der Waals surface area contributed by atoms with Crippen molar-refractivity contribution in [3.8, 4) is 0 Å². The summed E-state index contributed by atoms with van der Waals surface area (Å²) in [6, 6.07) is 19.6. The Morgan fingerprint density at radius 2 is 1.64 bits per heavy atom. The van der Waals surface area contributed by atoms with Crippen LogP contribution in [0.4, 0.5) is 19.3 Å². The van der Waals surface area contributed by atoms with Gasteiger partial charge in [-0.15, -0.1) is 0 Å².